The Bertz CT molecular complexity index is 1070. The number of aromatic nitrogens is 1. The first-order chi connectivity index (χ1) is 14.8. The lowest BCUT2D eigenvalue weighted by Gasteiger charge is -2.08. The van der Waals surface area contributed by atoms with E-state index in [9.17, 15) is 13.2 Å². The molecule has 3 nitrogen and oxygen atoms in total. The van der Waals surface area contributed by atoms with Gasteiger partial charge in [0, 0.05) is 10.6 Å². The number of halogens is 4. The standard InChI is InChI=1S/C23H20ClF3N2OS/c1-2-3-4-20-21(14-30-18-10-7-15(11-12-28)19(24)13-18)31-22(29-20)16-5-8-17(9-6-16)23(25,26)27/h5-10,13H,2-4,11,14H2,1H3. The molecule has 3 aromatic rings. The summed E-state index contributed by atoms with van der Waals surface area (Å²) in [6, 6.07) is 12.3. The van der Waals surface area contributed by atoms with E-state index in [1.54, 1.807) is 18.2 Å². The summed E-state index contributed by atoms with van der Waals surface area (Å²) >= 11 is 7.62. The van der Waals surface area contributed by atoms with Crippen LogP contribution >= 0.6 is 22.9 Å². The maximum absolute atomic E-state index is 12.8. The fraction of sp³-hybridized carbons (Fsp3) is 0.304. The maximum Gasteiger partial charge on any atom is 0.416 e. The summed E-state index contributed by atoms with van der Waals surface area (Å²) in [5.41, 5.74) is 1.60. The van der Waals surface area contributed by atoms with Crippen LogP contribution in [0.1, 0.15) is 41.5 Å². The number of hydrogen-bond donors (Lipinski definition) is 0. The number of nitriles is 1. The quantitative estimate of drug-likeness (QED) is 0.347. The Morgan fingerprint density at radius 1 is 1.16 bits per heavy atom. The molecule has 0 fully saturated rings. The van der Waals surface area contributed by atoms with Gasteiger partial charge < -0.3 is 4.74 Å². The molecule has 0 atom stereocenters. The summed E-state index contributed by atoms with van der Waals surface area (Å²) < 4.78 is 44.4. The van der Waals surface area contributed by atoms with Crippen molar-refractivity contribution in [1.29, 1.82) is 5.26 Å². The number of rotatable bonds is 8. The van der Waals surface area contributed by atoms with Crippen molar-refractivity contribution in [3.8, 4) is 22.4 Å². The van der Waals surface area contributed by atoms with Crippen LogP contribution in [0.2, 0.25) is 5.02 Å². The van der Waals surface area contributed by atoms with Gasteiger partial charge in [0.1, 0.15) is 17.4 Å². The molecule has 8 heteroatoms. The Labute approximate surface area is 188 Å². The van der Waals surface area contributed by atoms with E-state index in [0.29, 0.717) is 21.3 Å². The van der Waals surface area contributed by atoms with Gasteiger partial charge in [-0.3, -0.25) is 0 Å². The normalized spacial score (nSPS) is 11.4. The van der Waals surface area contributed by atoms with Crippen LogP contribution in [0.4, 0.5) is 13.2 Å². The van der Waals surface area contributed by atoms with E-state index in [-0.39, 0.29) is 13.0 Å². The number of hydrogen-bond acceptors (Lipinski definition) is 4. The molecule has 0 saturated heterocycles. The average Bonchev–Trinajstić information content (AvgIpc) is 3.15. The van der Waals surface area contributed by atoms with Crippen LogP contribution in [0.5, 0.6) is 5.75 Å². The fourth-order valence-electron chi connectivity index (χ4n) is 2.96. The van der Waals surface area contributed by atoms with Crippen molar-refractivity contribution in [3.05, 3.63) is 69.2 Å². The molecule has 31 heavy (non-hydrogen) atoms. The van der Waals surface area contributed by atoms with Crippen molar-refractivity contribution >= 4 is 22.9 Å². The average molecular weight is 465 g/mol. The van der Waals surface area contributed by atoms with Crippen LogP contribution in [0.25, 0.3) is 10.6 Å². The number of nitrogens with zero attached hydrogens (tertiary/aromatic N) is 2. The second-order valence-corrected chi connectivity index (χ2v) is 8.44. The highest BCUT2D eigenvalue weighted by molar-refractivity contribution is 7.15. The summed E-state index contributed by atoms with van der Waals surface area (Å²) in [6.45, 7) is 2.37. The molecule has 1 heterocycles. The molecule has 0 aliphatic carbocycles. The van der Waals surface area contributed by atoms with Crippen LogP contribution in [0, 0.1) is 11.3 Å². The molecule has 3 rings (SSSR count). The molecular formula is C23H20ClF3N2OS. The minimum atomic E-state index is -4.36. The van der Waals surface area contributed by atoms with Gasteiger partial charge in [-0.1, -0.05) is 43.1 Å². The zero-order chi connectivity index (χ0) is 22.4. The van der Waals surface area contributed by atoms with Gasteiger partial charge in [-0.15, -0.1) is 11.3 Å². The Kier molecular flexibility index (Phi) is 7.58. The van der Waals surface area contributed by atoms with Gasteiger partial charge >= 0.3 is 6.18 Å². The second kappa shape index (κ2) is 10.2. The van der Waals surface area contributed by atoms with Crippen LogP contribution < -0.4 is 4.74 Å². The van der Waals surface area contributed by atoms with Gasteiger partial charge in [0.15, 0.2) is 0 Å². The fourth-order valence-corrected chi connectivity index (χ4v) is 4.22. The predicted molar refractivity (Wildman–Crippen MR) is 116 cm³/mol. The van der Waals surface area contributed by atoms with Crippen LogP contribution in [0.15, 0.2) is 42.5 Å². The first kappa shape index (κ1) is 23.1. The van der Waals surface area contributed by atoms with Crippen LogP contribution in [-0.2, 0) is 25.6 Å². The molecule has 0 unspecified atom stereocenters. The molecular weight excluding hydrogens is 445 g/mol. The topological polar surface area (TPSA) is 45.9 Å². The lowest BCUT2D eigenvalue weighted by Crippen LogP contribution is -2.03. The molecule has 0 N–H and O–H groups in total. The highest BCUT2D eigenvalue weighted by Crippen LogP contribution is 2.34. The highest BCUT2D eigenvalue weighted by Gasteiger charge is 2.30. The third kappa shape index (κ3) is 5.99. The summed E-state index contributed by atoms with van der Waals surface area (Å²) in [5.74, 6) is 0.581. The van der Waals surface area contributed by atoms with Crippen LogP contribution in [-0.4, -0.2) is 4.98 Å². The van der Waals surface area contributed by atoms with E-state index < -0.39 is 11.7 Å². The number of ether oxygens (including phenoxy) is 1. The first-order valence-corrected chi connectivity index (χ1v) is 11.0. The first-order valence-electron chi connectivity index (χ1n) is 9.76. The van der Waals surface area contributed by atoms with Gasteiger partial charge in [0.25, 0.3) is 0 Å². The van der Waals surface area contributed by atoms with Gasteiger partial charge in [0.2, 0.25) is 0 Å². The van der Waals surface area contributed by atoms with Crippen molar-refractivity contribution in [1.82, 2.24) is 4.98 Å². The largest absolute Gasteiger partial charge is 0.488 e. The number of benzene rings is 2. The number of alkyl halides is 3. The monoisotopic (exact) mass is 464 g/mol. The summed E-state index contributed by atoms with van der Waals surface area (Å²) in [6.07, 6.45) is -1.40. The highest BCUT2D eigenvalue weighted by atomic mass is 35.5. The molecule has 0 amide bonds. The van der Waals surface area contributed by atoms with Crippen molar-refractivity contribution in [2.45, 2.75) is 45.4 Å². The number of unbranched alkanes of at least 4 members (excludes halogenated alkanes) is 1. The molecule has 2 aromatic carbocycles. The summed E-state index contributed by atoms with van der Waals surface area (Å²) in [7, 11) is 0. The zero-order valence-electron chi connectivity index (χ0n) is 16.8. The van der Waals surface area contributed by atoms with Crippen molar-refractivity contribution in [3.63, 3.8) is 0 Å². The molecule has 162 valence electrons. The number of thiazole rings is 1. The van der Waals surface area contributed by atoms with Gasteiger partial charge in [-0.05, 0) is 42.7 Å². The summed E-state index contributed by atoms with van der Waals surface area (Å²) in [4.78, 5) is 5.60. The molecule has 0 bridgehead atoms. The Morgan fingerprint density at radius 2 is 1.90 bits per heavy atom. The van der Waals surface area contributed by atoms with E-state index in [2.05, 4.69) is 18.0 Å². The van der Waals surface area contributed by atoms with Crippen molar-refractivity contribution in [2.24, 2.45) is 0 Å². The molecule has 0 aliphatic rings. The van der Waals surface area contributed by atoms with E-state index >= 15 is 0 Å². The third-order valence-corrected chi connectivity index (χ3v) is 6.14. The van der Waals surface area contributed by atoms with E-state index in [1.165, 1.54) is 23.5 Å². The lowest BCUT2D eigenvalue weighted by molar-refractivity contribution is -0.137. The van der Waals surface area contributed by atoms with Crippen molar-refractivity contribution in [2.75, 3.05) is 0 Å². The molecule has 0 saturated carbocycles. The maximum atomic E-state index is 12.8. The zero-order valence-corrected chi connectivity index (χ0v) is 18.4. The minimum Gasteiger partial charge on any atom is -0.488 e. The molecule has 0 aliphatic heterocycles. The van der Waals surface area contributed by atoms with E-state index in [1.807, 2.05) is 0 Å². The third-order valence-electron chi connectivity index (χ3n) is 4.67. The molecule has 0 radical (unpaired) electrons. The Morgan fingerprint density at radius 3 is 2.52 bits per heavy atom. The Balaban J connectivity index is 1.80. The van der Waals surface area contributed by atoms with Gasteiger partial charge in [-0.25, -0.2) is 4.98 Å². The van der Waals surface area contributed by atoms with E-state index in [0.717, 1.165) is 47.5 Å². The smallest absolute Gasteiger partial charge is 0.416 e. The Hall–Kier alpha value is -2.56. The van der Waals surface area contributed by atoms with Crippen LogP contribution in [0.3, 0.4) is 0 Å². The molecule has 0 spiro atoms. The van der Waals surface area contributed by atoms with Gasteiger partial charge in [-0.2, -0.15) is 18.4 Å². The second-order valence-electron chi connectivity index (χ2n) is 6.94. The van der Waals surface area contributed by atoms with Crippen molar-refractivity contribution < 1.29 is 17.9 Å². The van der Waals surface area contributed by atoms with Gasteiger partial charge in [0.05, 0.1) is 28.6 Å². The molecule has 1 aromatic heterocycles. The lowest BCUT2D eigenvalue weighted by atomic mass is 10.1. The summed E-state index contributed by atoms with van der Waals surface area (Å²) in [5, 5.41) is 9.96. The van der Waals surface area contributed by atoms with E-state index in [4.69, 9.17) is 21.6 Å². The number of aryl methyl sites for hydroxylation is 1. The SMILES string of the molecule is CCCCc1nc(-c2ccc(C(F)(F)F)cc2)sc1COc1ccc(CC#N)c(Cl)c1. The predicted octanol–water partition coefficient (Wildman–Crippen LogP) is 7.47. The minimum absolute atomic E-state index is 0.228.